The molecule has 0 radical (unpaired) electrons. The number of carbonyl (C=O) groups is 1. The monoisotopic (exact) mass is 486 g/mol. The quantitative estimate of drug-likeness (QED) is 0.331. The van der Waals surface area contributed by atoms with Crippen LogP contribution in [0, 0.1) is 5.92 Å². The van der Waals surface area contributed by atoms with Crippen LogP contribution in [0.4, 0.5) is 0 Å². The number of piperidine rings is 1. The van der Waals surface area contributed by atoms with Gasteiger partial charge < -0.3 is 14.0 Å². The van der Waals surface area contributed by atoms with Gasteiger partial charge in [0.05, 0.1) is 24.5 Å². The van der Waals surface area contributed by atoms with Crippen LogP contribution in [0.15, 0.2) is 58.2 Å². The van der Waals surface area contributed by atoms with Gasteiger partial charge in [0.15, 0.2) is 0 Å². The van der Waals surface area contributed by atoms with Gasteiger partial charge in [-0.1, -0.05) is 5.16 Å². The average molecular weight is 487 g/mol. The lowest BCUT2D eigenvalue weighted by Crippen LogP contribution is -2.42. The van der Waals surface area contributed by atoms with E-state index in [4.69, 9.17) is 14.0 Å². The molecule has 0 bridgehead atoms. The number of benzene rings is 1. The fraction of sp³-hybridized carbons (Fsp3) is 0.391. The van der Waals surface area contributed by atoms with Gasteiger partial charge in [0.1, 0.15) is 5.75 Å². The number of nitrogens with zero attached hydrogens (tertiary/aromatic N) is 4. The number of ether oxygens (including phenoxy) is 2. The smallest absolute Gasteiger partial charge is 0.310 e. The third-order valence-corrected chi connectivity index (χ3v) is 7.46. The maximum Gasteiger partial charge on any atom is 0.310 e. The van der Waals surface area contributed by atoms with Gasteiger partial charge in [-0.05, 0) is 55.7 Å². The van der Waals surface area contributed by atoms with E-state index in [-0.39, 0.29) is 18.0 Å². The molecular formula is C23H26N4O6S. The van der Waals surface area contributed by atoms with E-state index in [0.717, 1.165) is 5.56 Å². The highest BCUT2D eigenvalue weighted by Crippen LogP contribution is 2.26. The van der Waals surface area contributed by atoms with Crippen LogP contribution in [0.25, 0.3) is 11.4 Å². The molecule has 34 heavy (non-hydrogen) atoms. The van der Waals surface area contributed by atoms with Crippen LogP contribution in [-0.4, -0.2) is 60.6 Å². The van der Waals surface area contributed by atoms with E-state index in [1.165, 1.54) is 23.5 Å². The number of esters is 1. The van der Waals surface area contributed by atoms with Gasteiger partial charge in [0, 0.05) is 37.5 Å². The second-order valence-electron chi connectivity index (χ2n) is 7.90. The van der Waals surface area contributed by atoms with E-state index < -0.39 is 21.9 Å². The number of aromatic nitrogens is 3. The first kappa shape index (κ1) is 23.8. The van der Waals surface area contributed by atoms with Crippen LogP contribution in [0.5, 0.6) is 5.75 Å². The summed E-state index contributed by atoms with van der Waals surface area (Å²) in [6.07, 6.45) is 5.47. The van der Waals surface area contributed by atoms with Crippen LogP contribution >= 0.6 is 0 Å². The Morgan fingerprint density at radius 3 is 2.79 bits per heavy atom. The second kappa shape index (κ2) is 10.7. The summed E-state index contributed by atoms with van der Waals surface area (Å²) in [5.74, 6) is 0.594. The Balaban J connectivity index is 1.26. The first-order valence-corrected chi connectivity index (χ1v) is 12.4. The largest absolute Gasteiger partial charge is 0.497 e. The molecule has 3 aromatic rings. The number of sulfonamides is 1. The van der Waals surface area contributed by atoms with Crippen molar-refractivity contribution in [3.63, 3.8) is 0 Å². The molecule has 1 aliphatic rings. The molecule has 1 aliphatic heterocycles. The zero-order valence-corrected chi connectivity index (χ0v) is 19.6. The zero-order chi connectivity index (χ0) is 24.0. The number of methoxy groups -OCH3 is 1. The summed E-state index contributed by atoms with van der Waals surface area (Å²) in [7, 11) is -2.18. The van der Waals surface area contributed by atoms with Crippen molar-refractivity contribution in [2.24, 2.45) is 5.92 Å². The highest BCUT2D eigenvalue weighted by molar-refractivity contribution is 7.89. The van der Waals surface area contributed by atoms with Crippen molar-refractivity contribution >= 4 is 16.0 Å². The van der Waals surface area contributed by atoms with Crippen molar-refractivity contribution in [2.45, 2.75) is 30.6 Å². The molecule has 2 aromatic heterocycles. The van der Waals surface area contributed by atoms with Crippen LogP contribution in [0.1, 0.15) is 25.2 Å². The summed E-state index contributed by atoms with van der Waals surface area (Å²) in [5.41, 5.74) is 0.760. The molecular weight excluding hydrogens is 460 g/mol. The molecule has 0 aliphatic carbocycles. The third-order valence-electron chi connectivity index (χ3n) is 5.58. The Bertz CT molecular complexity index is 1200. The van der Waals surface area contributed by atoms with Gasteiger partial charge in [-0.15, -0.1) is 0 Å². The number of aryl methyl sites for hydroxylation is 1. The summed E-state index contributed by atoms with van der Waals surface area (Å²) in [5, 5.41) is 3.94. The Kier molecular flexibility index (Phi) is 7.53. The summed E-state index contributed by atoms with van der Waals surface area (Å²) < 4.78 is 43.1. The van der Waals surface area contributed by atoms with Crippen molar-refractivity contribution in [2.75, 3.05) is 26.8 Å². The van der Waals surface area contributed by atoms with E-state index in [9.17, 15) is 13.2 Å². The minimum Gasteiger partial charge on any atom is -0.497 e. The third kappa shape index (κ3) is 5.60. The molecule has 0 spiro atoms. The van der Waals surface area contributed by atoms with Crippen molar-refractivity contribution in [1.29, 1.82) is 0 Å². The van der Waals surface area contributed by atoms with Crippen molar-refractivity contribution in [1.82, 2.24) is 19.4 Å². The molecule has 0 saturated carbocycles. The Hall–Kier alpha value is -3.31. The van der Waals surface area contributed by atoms with Gasteiger partial charge in [-0.2, -0.15) is 9.29 Å². The lowest BCUT2D eigenvalue weighted by atomic mass is 10.00. The predicted octanol–water partition coefficient (Wildman–Crippen LogP) is 2.72. The van der Waals surface area contributed by atoms with Gasteiger partial charge in [0.25, 0.3) is 0 Å². The minimum atomic E-state index is -3.70. The highest BCUT2D eigenvalue weighted by atomic mass is 32.2. The SMILES string of the molecule is COc1ccc(S(=O)(=O)N2CCCC(C(=O)OCCCc3nc(-c4cccnc4)no3)C2)cc1. The molecule has 1 atom stereocenters. The summed E-state index contributed by atoms with van der Waals surface area (Å²) in [6, 6.07) is 9.85. The predicted molar refractivity (Wildman–Crippen MR) is 121 cm³/mol. The fourth-order valence-electron chi connectivity index (χ4n) is 3.73. The molecule has 4 rings (SSSR count). The highest BCUT2D eigenvalue weighted by Gasteiger charge is 2.34. The number of carbonyl (C=O) groups excluding carboxylic acids is 1. The molecule has 0 amide bonds. The Morgan fingerprint density at radius 1 is 1.24 bits per heavy atom. The standard InChI is InChI=1S/C23H26N4O6S/c1-31-19-8-10-20(11-9-19)34(29,30)27-13-3-6-18(16-27)23(28)32-14-4-7-21-25-22(26-33-21)17-5-2-12-24-15-17/h2,5,8-12,15,18H,3-4,6-7,13-14,16H2,1H3. The molecule has 180 valence electrons. The first-order chi connectivity index (χ1) is 16.5. The topological polar surface area (TPSA) is 125 Å². The zero-order valence-electron chi connectivity index (χ0n) is 18.8. The van der Waals surface area contributed by atoms with Crippen molar-refractivity contribution in [3.05, 3.63) is 54.7 Å². The fourth-order valence-corrected chi connectivity index (χ4v) is 5.26. The lowest BCUT2D eigenvalue weighted by molar-refractivity contribution is -0.149. The van der Waals surface area contributed by atoms with Crippen LogP contribution in [0.2, 0.25) is 0 Å². The molecule has 3 heterocycles. The van der Waals surface area contributed by atoms with Crippen LogP contribution in [-0.2, 0) is 26.0 Å². The van der Waals surface area contributed by atoms with Gasteiger partial charge in [0.2, 0.25) is 21.7 Å². The normalized spacial score (nSPS) is 16.8. The van der Waals surface area contributed by atoms with Gasteiger partial charge >= 0.3 is 5.97 Å². The lowest BCUT2D eigenvalue weighted by Gasteiger charge is -2.30. The minimum absolute atomic E-state index is 0.103. The van der Waals surface area contributed by atoms with Crippen molar-refractivity contribution in [3.8, 4) is 17.1 Å². The average Bonchev–Trinajstić information content (AvgIpc) is 3.36. The van der Waals surface area contributed by atoms with E-state index in [0.29, 0.717) is 49.7 Å². The maximum absolute atomic E-state index is 13.0. The summed E-state index contributed by atoms with van der Waals surface area (Å²) in [4.78, 5) is 21.1. The first-order valence-electron chi connectivity index (χ1n) is 11.0. The van der Waals surface area contributed by atoms with Gasteiger partial charge in [-0.25, -0.2) is 8.42 Å². The maximum atomic E-state index is 13.0. The van der Waals surface area contributed by atoms with Crippen LogP contribution < -0.4 is 4.74 Å². The van der Waals surface area contributed by atoms with E-state index in [1.54, 1.807) is 30.6 Å². The molecule has 0 N–H and O–H groups in total. The molecule has 1 unspecified atom stereocenters. The Morgan fingerprint density at radius 2 is 2.06 bits per heavy atom. The number of hydrogen-bond acceptors (Lipinski definition) is 9. The molecule has 10 nitrogen and oxygen atoms in total. The Labute approximate surface area is 198 Å². The number of hydrogen-bond donors (Lipinski definition) is 0. The summed E-state index contributed by atoms with van der Waals surface area (Å²) in [6.45, 7) is 0.658. The van der Waals surface area contributed by atoms with E-state index in [2.05, 4.69) is 15.1 Å². The second-order valence-corrected chi connectivity index (χ2v) is 9.84. The summed E-state index contributed by atoms with van der Waals surface area (Å²) >= 11 is 0. The van der Waals surface area contributed by atoms with Gasteiger partial charge in [-0.3, -0.25) is 9.78 Å². The molecule has 11 heteroatoms. The molecule has 1 aromatic carbocycles. The molecule has 1 fully saturated rings. The van der Waals surface area contributed by atoms with Crippen molar-refractivity contribution < 1.29 is 27.2 Å². The molecule has 1 saturated heterocycles. The van der Waals surface area contributed by atoms with E-state index in [1.807, 2.05) is 6.07 Å². The number of rotatable bonds is 9. The number of pyridine rings is 1. The van der Waals surface area contributed by atoms with E-state index >= 15 is 0 Å². The van der Waals surface area contributed by atoms with Crippen LogP contribution in [0.3, 0.4) is 0 Å².